The molecular formula is C19H31N3O5. The zero-order valence-corrected chi connectivity index (χ0v) is 16.9. The summed E-state index contributed by atoms with van der Waals surface area (Å²) in [6, 6.07) is 1.00. The Balaban J connectivity index is 2.25. The highest BCUT2D eigenvalue weighted by molar-refractivity contribution is 5.95. The second kappa shape index (κ2) is 9.21. The summed E-state index contributed by atoms with van der Waals surface area (Å²) in [5.74, 6) is -0.0846. The van der Waals surface area contributed by atoms with E-state index in [0.717, 1.165) is 12.8 Å². The lowest BCUT2D eigenvalue weighted by Crippen LogP contribution is -2.52. The molecule has 0 saturated carbocycles. The third kappa shape index (κ3) is 4.61. The van der Waals surface area contributed by atoms with Crippen LogP contribution in [0.3, 0.4) is 0 Å². The normalized spacial score (nSPS) is 23.4. The maximum Gasteiger partial charge on any atom is 0.328 e. The number of nitrogens with one attached hydrogen (secondary N) is 1. The fourth-order valence-electron chi connectivity index (χ4n) is 3.47. The molecule has 0 aromatic carbocycles. The number of rotatable bonds is 10. The number of ether oxygens (including phenoxy) is 2. The largest absolute Gasteiger partial charge is 0.436 e. The van der Waals surface area contributed by atoms with Crippen molar-refractivity contribution in [2.45, 2.75) is 84.1 Å². The highest BCUT2D eigenvalue weighted by Crippen LogP contribution is 2.35. The van der Waals surface area contributed by atoms with E-state index in [1.165, 1.54) is 4.90 Å². The van der Waals surface area contributed by atoms with E-state index in [4.69, 9.17) is 14.0 Å². The molecule has 1 aromatic rings. The Morgan fingerprint density at radius 2 is 2.15 bits per heavy atom. The van der Waals surface area contributed by atoms with Crippen molar-refractivity contribution in [3.63, 3.8) is 0 Å². The van der Waals surface area contributed by atoms with E-state index in [1.807, 2.05) is 13.8 Å². The molecule has 2 heterocycles. The first-order valence-corrected chi connectivity index (χ1v) is 9.70. The number of nitrogens with zero attached hydrogens (tertiary/aromatic N) is 2. The molecule has 3 unspecified atom stereocenters. The number of hydrogen-bond donors (Lipinski definition) is 1. The van der Waals surface area contributed by atoms with Crippen LogP contribution in [0, 0.1) is 0 Å². The molecule has 27 heavy (non-hydrogen) atoms. The Bertz CT molecular complexity index is 647. The Morgan fingerprint density at radius 1 is 1.41 bits per heavy atom. The van der Waals surface area contributed by atoms with Gasteiger partial charge in [-0.2, -0.15) is 0 Å². The van der Waals surface area contributed by atoms with Gasteiger partial charge in [0.05, 0.1) is 17.8 Å². The van der Waals surface area contributed by atoms with Crippen molar-refractivity contribution >= 4 is 17.9 Å². The summed E-state index contributed by atoms with van der Waals surface area (Å²) < 4.78 is 16.6. The number of anilines is 1. The maximum absolute atomic E-state index is 12.6. The summed E-state index contributed by atoms with van der Waals surface area (Å²) in [6.07, 6.45) is 4.12. The quantitative estimate of drug-likeness (QED) is 0.624. The number of carbonyl (C=O) groups is 2. The summed E-state index contributed by atoms with van der Waals surface area (Å²) in [5, 5.41) is 6.95. The van der Waals surface area contributed by atoms with Crippen molar-refractivity contribution in [1.29, 1.82) is 0 Å². The molecule has 1 fully saturated rings. The fraction of sp³-hybridized carbons (Fsp3) is 0.737. The van der Waals surface area contributed by atoms with E-state index in [0.29, 0.717) is 31.4 Å². The van der Waals surface area contributed by atoms with Gasteiger partial charge in [0.1, 0.15) is 0 Å². The summed E-state index contributed by atoms with van der Waals surface area (Å²) >= 11 is 0. The molecular weight excluding hydrogens is 350 g/mol. The summed E-state index contributed by atoms with van der Waals surface area (Å²) in [5.41, 5.74) is -0.473. The molecule has 8 heteroatoms. The van der Waals surface area contributed by atoms with Gasteiger partial charge in [0, 0.05) is 26.0 Å². The number of aromatic nitrogens is 1. The van der Waals surface area contributed by atoms with Crippen LogP contribution in [-0.4, -0.2) is 42.1 Å². The Hall–Kier alpha value is -2.09. The van der Waals surface area contributed by atoms with Crippen LogP contribution >= 0.6 is 0 Å². The van der Waals surface area contributed by atoms with Crippen molar-refractivity contribution in [2.24, 2.45) is 0 Å². The van der Waals surface area contributed by atoms with Crippen molar-refractivity contribution in [1.82, 2.24) is 10.5 Å². The van der Waals surface area contributed by atoms with Gasteiger partial charge >= 0.3 is 12.0 Å². The number of methoxy groups -OCH3 is 1. The average molecular weight is 381 g/mol. The topological polar surface area (TPSA) is 93.9 Å². The van der Waals surface area contributed by atoms with Gasteiger partial charge in [-0.1, -0.05) is 32.3 Å². The van der Waals surface area contributed by atoms with Crippen LogP contribution in [0.4, 0.5) is 10.7 Å². The highest BCUT2D eigenvalue weighted by atomic mass is 16.6. The lowest BCUT2D eigenvalue weighted by Gasteiger charge is -2.34. The number of amides is 2. The van der Waals surface area contributed by atoms with Crippen molar-refractivity contribution in [3.8, 4) is 0 Å². The van der Waals surface area contributed by atoms with Gasteiger partial charge in [0.2, 0.25) is 11.6 Å². The molecule has 152 valence electrons. The number of hydrogen-bond acceptors (Lipinski definition) is 6. The minimum Gasteiger partial charge on any atom is -0.436 e. The molecule has 2 rings (SSSR count). The van der Waals surface area contributed by atoms with Crippen LogP contribution in [0.15, 0.2) is 10.6 Å². The van der Waals surface area contributed by atoms with Crippen LogP contribution in [0.2, 0.25) is 0 Å². The first kappa shape index (κ1) is 21.2. The molecule has 3 atom stereocenters. The van der Waals surface area contributed by atoms with Crippen LogP contribution in [0.1, 0.15) is 65.5 Å². The smallest absolute Gasteiger partial charge is 0.328 e. The molecule has 1 saturated heterocycles. The predicted molar refractivity (Wildman–Crippen MR) is 100 cm³/mol. The molecule has 0 aliphatic carbocycles. The standard InChI is InChI=1S/C19H31N3O5/c1-6-9-14(25-5)11-13-12-16(27-21-13)22-18(24)20-15(8-3)19(22,4)26-17(23)10-7-2/h12,14-15H,6-11H2,1-5H3,(H,20,24). The average Bonchev–Trinajstić information content (AvgIpc) is 3.16. The number of carbonyl (C=O) groups excluding carboxylic acids is 2. The van der Waals surface area contributed by atoms with E-state index >= 15 is 0 Å². The highest BCUT2D eigenvalue weighted by Gasteiger charge is 2.54. The maximum atomic E-state index is 12.6. The summed E-state index contributed by atoms with van der Waals surface area (Å²) in [4.78, 5) is 26.1. The molecule has 0 spiro atoms. The van der Waals surface area contributed by atoms with Crippen LogP contribution < -0.4 is 10.2 Å². The van der Waals surface area contributed by atoms with E-state index in [-0.39, 0.29) is 30.0 Å². The van der Waals surface area contributed by atoms with Gasteiger partial charge in [0.25, 0.3) is 0 Å². The molecule has 8 nitrogen and oxygen atoms in total. The third-order valence-corrected chi connectivity index (χ3v) is 4.92. The molecule has 2 amide bonds. The predicted octanol–water partition coefficient (Wildman–Crippen LogP) is 3.40. The monoisotopic (exact) mass is 381 g/mol. The lowest BCUT2D eigenvalue weighted by atomic mass is 10.0. The Morgan fingerprint density at radius 3 is 2.74 bits per heavy atom. The van der Waals surface area contributed by atoms with Crippen molar-refractivity contribution < 1.29 is 23.6 Å². The van der Waals surface area contributed by atoms with Crippen molar-refractivity contribution in [2.75, 3.05) is 12.0 Å². The van der Waals surface area contributed by atoms with Gasteiger partial charge in [-0.3, -0.25) is 4.79 Å². The molecule has 1 aliphatic heterocycles. The van der Waals surface area contributed by atoms with Crippen LogP contribution in [0.5, 0.6) is 0 Å². The first-order chi connectivity index (χ1) is 12.9. The second-order valence-corrected chi connectivity index (χ2v) is 7.03. The number of esters is 1. The van der Waals surface area contributed by atoms with Crippen LogP contribution in [0.25, 0.3) is 0 Å². The first-order valence-electron chi connectivity index (χ1n) is 9.70. The van der Waals surface area contributed by atoms with Gasteiger partial charge in [-0.05, 0) is 26.2 Å². The van der Waals surface area contributed by atoms with Gasteiger partial charge in [-0.25, -0.2) is 9.69 Å². The van der Waals surface area contributed by atoms with Crippen molar-refractivity contribution in [3.05, 3.63) is 11.8 Å². The van der Waals surface area contributed by atoms with E-state index in [9.17, 15) is 9.59 Å². The Labute approximate surface area is 160 Å². The lowest BCUT2D eigenvalue weighted by molar-refractivity contribution is -0.158. The van der Waals surface area contributed by atoms with Crippen LogP contribution in [-0.2, 0) is 20.7 Å². The molecule has 0 bridgehead atoms. The van der Waals surface area contributed by atoms with Gasteiger partial charge < -0.3 is 19.3 Å². The second-order valence-electron chi connectivity index (χ2n) is 7.03. The van der Waals surface area contributed by atoms with E-state index < -0.39 is 5.72 Å². The zero-order chi connectivity index (χ0) is 20.0. The van der Waals surface area contributed by atoms with E-state index in [2.05, 4.69) is 17.4 Å². The fourth-order valence-corrected chi connectivity index (χ4v) is 3.47. The molecule has 1 aromatic heterocycles. The minimum atomic E-state index is -1.17. The minimum absolute atomic E-state index is 0.0394. The zero-order valence-electron chi connectivity index (χ0n) is 16.9. The van der Waals surface area contributed by atoms with Gasteiger partial charge in [0.15, 0.2) is 0 Å². The number of urea groups is 1. The molecule has 1 aliphatic rings. The SMILES string of the molecule is CCCC(=O)OC1(C)C(CC)NC(=O)N1c1cc(CC(CCC)OC)no1. The summed E-state index contributed by atoms with van der Waals surface area (Å²) in [7, 11) is 1.67. The molecule has 0 radical (unpaired) electrons. The summed E-state index contributed by atoms with van der Waals surface area (Å²) in [6.45, 7) is 7.65. The molecule has 1 N–H and O–H groups in total. The van der Waals surface area contributed by atoms with E-state index in [1.54, 1.807) is 20.1 Å². The third-order valence-electron chi connectivity index (χ3n) is 4.92. The van der Waals surface area contributed by atoms with Gasteiger partial charge in [-0.15, -0.1) is 0 Å². The Kier molecular flexibility index (Phi) is 7.24.